The van der Waals surface area contributed by atoms with Crippen LogP contribution in [0.4, 0.5) is 0 Å². The van der Waals surface area contributed by atoms with Crippen molar-refractivity contribution in [1.82, 2.24) is 15.1 Å². The van der Waals surface area contributed by atoms with E-state index in [1.807, 2.05) is 0 Å². The zero-order valence-electron chi connectivity index (χ0n) is 12.0. The topological polar surface area (TPSA) is 29.9 Å². The Kier molecular flexibility index (Phi) is 5.69. The Morgan fingerprint density at radius 1 is 1.18 bits per heavy atom. The SMILES string of the molecule is CCNCc1c(CC)nn(CC(C)C)c1CC. The smallest absolute Gasteiger partial charge is 0.0669 e. The van der Waals surface area contributed by atoms with Crippen LogP contribution in [0.15, 0.2) is 0 Å². The van der Waals surface area contributed by atoms with Gasteiger partial charge in [-0.2, -0.15) is 5.10 Å². The molecule has 0 bridgehead atoms. The summed E-state index contributed by atoms with van der Waals surface area (Å²) in [4.78, 5) is 0. The molecule has 0 aliphatic heterocycles. The molecule has 1 aromatic heterocycles. The molecule has 17 heavy (non-hydrogen) atoms. The van der Waals surface area contributed by atoms with Crippen molar-refractivity contribution in [3.8, 4) is 0 Å². The second-order valence-electron chi connectivity index (χ2n) is 4.94. The third kappa shape index (κ3) is 3.56. The summed E-state index contributed by atoms with van der Waals surface area (Å²) in [6.07, 6.45) is 2.10. The van der Waals surface area contributed by atoms with E-state index < -0.39 is 0 Å². The highest BCUT2D eigenvalue weighted by atomic mass is 15.3. The van der Waals surface area contributed by atoms with Crippen molar-refractivity contribution in [3.63, 3.8) is 0 Å². The molecule has 3 nitrogen and oxygen atoms in total. The van der Waals surface area contributed by atoms with Crippen LogP contribution in [0.5, 0.6) is 0 Å². The average Bonchev–Trinajstić information content (AvgIpc) is 2.62. The summed E-state index contributed by atoms with van der Waals surface area (Å²) in [5, 5.41) is 8.20. The summed E-state index contributed by atoms with van der Waals surface area (Å²) >= 11 is 0. The molecule has 0 radical (unpaired) electrons. The van der Waals surface area contributed by atoms with Crippen molar-refractivity contribution >= 4 is 0 Å². The lowest BCUT2D eigenvalue weighted by Gasteiger charge is -2.10. The number of hydrogen-bond acceptors (Lipinski definition) is 2. The number of aromatic nitrogens is 2. The van der Waals surface area contributed by atoms with E-state index in [2.05, 4.69) is 44.6 Å². The summed E-state index contributed by atoms with van der Waals surface area (Å²) in [7, 11) is 0. The second-order valence-corrected chi connectivity index (χ2v) is 4.94. The Balaban J connectivity index is 3.02. The number of rotatable bonds is 7. The largest absolute Gasteiger partial charge is 0.313 e. The predicted octanol–water partition coefficient (Wildman–Crippen LogP) is 2.77. The second kappa shape index (κ2) is 6.80. The van der Waals surface area contributed by atoms with Crippen LogP contribution >= 0.6 is 0 Å². The van der Waals surface area contributed by atoms with Crippen molar-refractivity contribution in [2.75, 3.05) is 6.54 Å². The molecule has 0 unspecified atom stereocenters. The molecule has 0 spiro atoms. The zero-order valence-corrected chi connectivity index (χ0v) is 12.0. The normalized spacial score (nSPS) is 11.4. The third-order valence-corrected chi connectivity index (χ3v) is 3.01. The minimum absolute atomic E-state index is 0.650. The molecule has 0 atom stereocenters. The molecule has 1 heterocycles. The van der Waals surface area contributed by atoms with Gasteiger partial charge in [0.2, 0.25) is 0 Å². The predicted molar refractivity (Wildman–Crippen MR) is 73.2 cm³/mol. The van der Waals surface area contributed by atoms with Gasteiger partial charge in [0.25, 0.3) is 0 Å². The first-order valence-corrected chi connectivity index (χ1v) is 6.92. The molecule has 98 valence electrons. The molecule has 3 heteroatoms. The lowest BCUT2D eigenvalue weighted by Crippen LogP contribution is -2.15. The third-order valence-electron chi connectivity index (χ3n) is 3.01. The van der Waals surface area contributed by atoms with Crippen LogP contribution < -0.4 is 5.32 Å². The number of nitrogens with one attached hydrogen (secondary N) is 1. The van der Waals surface area contributed by atoms with Gasteiger partial charge in [-0.3, -0.25) is 4.68 Å². The van der Waals surface area contributed by atoms with Crippen molar-refractivity contribution < 1.29 is 0 Å². The van der Waals surface area contributed by atoms with Crippen LogP contribution in [0.3, 0.4) is 0 Å². The summed E-state index contributed by atoms with van der Waals surface area (Å²) in [5.41, 5.74) is 4.11. The minimum atomic E-state index is 0.650. The van der Waals surface area contributed by atoms with Gasteiger partial charge in [-0.25, -0.2) is 0 Å². The van der Waals surface area contributed by atoms with E-state index in [1.54, 1.807) is 0 Å². The van der Waals surface area contributed by atoms with Gasteiger partial charge in [-0.1, -0.05) is 34.6 Å². The van der Waals surface area contributed by atoms with E-state index in [0.29, 0.717) is 5.92 Å². The summed E-state index contributed by atoms with van der Waals surface area (Å²) < 4.78 is 2.22. The first-order chi connectivity index (χ1) is 8.13. The van der Waals surface area contributed by atoms with Gasteiger partial charge in [0.1, 0.15) is 0 Å². The maximum absolute atomic E-state index is 4.77. The van der Waals surface area contributed by atoms with Crippen molar-refractivity contribution in [3.05, 3.63) is 17.0 Å². The Hall–Kier alpha value is -0.830. The van der Waals surface area contributed by atoms with Gasteiger partial charge < -0.3 is 5.32 Å². The zero-order chi connectivity index (χ0) is 12.8. The molecule has 0 amide bonds. The molecule has 1 rings (SSSR count). The lowest BCUT2D eigenvalue weighted by molar-refractivity contribution is 0.466. The molecule has 1 aromatic rings. The maximum Gasteiger partial charge on any atom is 0.0669 e. The van der Waals surface area contributed by atoms with E-state index in [9.17, 15) is 0 Å². The highest BCUT2D eigenvalue weighted by Gasteiger charge is 2.15. The van der Waals surface area contributed by atoms with Gasteiger partial charge in [0, 0.05) is 24.3 Å². The van der Waals surface area contributed by atoms with Crippen LogP contribution in [-0.4, -0.2) is 16.3 Å². The number of nitrogens with zero attached hydrogens (tertiary/aromatic N) is 2. The average molecular weight is 237 g/mol. The fourth-order valence-corrected chi connectivity index (χ4v) is 2.22. The molecule has 0 fully saturated rings. The lowest BCUT2D eigenvalue weighted by atomic mass is 10.1. The highest BCUT2D eigenvalue weighted by Crippen LogP contribution is 2.17. The van der Waals surface area contributed by atoms with E-state index in [4.69, 9.17) is 5.10 Å². The molecule has 0 aliphatic rings. The Morgan fingerprint density at radius 2 is 1.88 bits per heavy atom. The van der Waals surface area contributed by atoms with Crippen molar-refractivity contribution in [1.29, 1.82) is 0 Å². The monoisotopic (exact) mass is 237 g/mol. The van der Waals surface area contributed by atoms with Crippen LogP contribution in [0.2, 0.25) is 0 Å². The fourth-order valence-electron chi connectivity index (χ4n) is 2.22. The fraction of sp³-hybridized carbons (Fsp3) is 0.786. The Labute approximate surface area is 106 Å². The number of aryl methyl sites for hydroxylation is 1. The quantitative estimate of drug-likeness (QED) is 0.790. The Bertz CT molecular complexity index is 339. The van der Waals surface area contributed by atoms with Crippen LogP contribution in [-0.2, 0) is 25.9 Å². The van der Waals surface area contributed by atoms with Gasteiger partial charge in [-0.15, -0.1) is 0 Å². The van der Waals surface area contributed by atoms with E-state index >= 15 is 0 Å². The maximum atomic E-state index is 4.77. The van der Waals surface area contributed by atoms with Crippen molar-refractivity contribution in [2.45, 2.75) is 60.5 Å². The summed E-state index contributed by atoms with van der Waals surface area (Å²) in [6, 6.07) is 0. The molecule has 0 aliphatic carbocycles. The van der Waals surface area contributed by atoms with E-state index in [0.717, 1.165) is 32.5 Å². The van der Waals surface area contributed by atoms with Gasteiger partial charge in [0.15, 0.2) is 0 Å². The first-order valence-electron chi connectivity index (χ1n) is 6.92. The minimum Gasteiger partial charge on any atom is -0.313 e. The molecule has 0 saturated carbocycles. The molecule has 1 N–H and O–H groups in total. The molecular formula is C14H27N3. The highest BCUT2D eigenvalue weighted by molar-refractivity contribution is 5.26. The van der Waals surface area contributed by atoms with Gasteiger partial charge in [-0.05, 0) is 25.3 Å². The summed E-state index contributed by atoms with van der Waals surface area (Å²) in [5.74, 6) is 0.650. The van der Waals surface area contributed by atoms with Crippen molar-refractivity contribution in [2.24, 2.45) is 5.92 Å². The Morgan fingerprint density at radius 3 is 2.35 bits per heavy atom. The summed E-state index contributed by atoms with van der Waals surface area (Å²) in [6.45, 7) is 14.1. The standard InChI is InChI=1S/C14H27N3/c1-6-13-12(9-15-8-3)14(7-2)17(16-13)10-11(4)5/h11,15H,6-10H2,1-5H3. The van der Waals surface area contributed by atoms with Crippen LogP contribution in [0.25, 0.3) is 0 Å². The van der Waals surface area contributed by atoms with Crippen LogP contribution in [0, 0.1) is 5.92 Å². The van der Waals surface area contributed by atoms with E-state index in [1.165, 1.54) is 17.0 Å². The van der Waals surface area contributed by atoms with Gasteiger partial charge in [0.05, 0.1) is 5.69 Å². The molecule has 0 aromatic carbocycles. The molecular weight excluding hydrogens is 210 g/mol. The van der Waals surface area contributed by atoms with E-state index in [-0.39, 0.29) is 0 Å². The number of hydrogen-bond donors (Lipinski definition) is 1. The van der Waals surface area contributed by atoms with Gasteiger partial charge >= 0.3 is 0 Å². The first kappa shape index (κ1) is 14.2. The molecule has 0 saturated heterocycles. The van der Waals surface area contributed by atoms with Crippen LogP contribution in [0.1, 0.15) is 51.6 Å².